The lowest BCUT2D eigenvalue weighted by molar-refractivity contribution is -0.118. The van der Waals surface area contributed by atoms with Crippen molar-refractivity contribution in [3.05, 3.63) is 64.3 Å². The number of likely N-dealkylation sites (tertiary alicyclic amines) is 1. The Labute approximate surface area is 206 Å². The molecular weight excluding hydrogens is 448 g/mol. The summed E-state index contributed by atoms with van der Waals surface area (Å²) in [6.07, 6.45) is 6.54. The molecule has 0 radical (unpaired) electrons. The fraction of sp³-hybridized carbons (Fsp3) is 0.429. The van der Waals surface area contributed by atoms with Gasteiger partial charge in [0.05, 0.1) is 0 Å². The van der Waals surface area contributed by atoms with Gasteiger partial charge < -0.3 is 4.90 Å². The van der Waals surface area contributed by atoms with Gasteiger partial charge in [0.15, 0.2) is 0 Å². The molecule has 0 unspecified atom stereocenters. The number of benzene rings is 1. The van der Waals surface area contributed by atoms with E-state index in [1.807, 2.05) is 18.3 Å². The molecule has 3 aromatic rings. The summed E-state index contributed by atoms with van der Waals surface area (Å²) in [6.45, 7) is 9.96. The first kappa shape index (κ1) is 24.1. The van der Waals surface area contributed by atoms with Crippen LogP contribution in [0.3, 0.4) is 0 Å². The van der Waals surface area contributed by atoms with Crippen molar-refractivity contribution in [3.63, 3.8) is 0 Å². The van der Waals surface area contributed by atoms with E-state index in [9.17, 15) is 4.79 Å². The van der Waals surface area contributed by atoms with Crippen LogP contribution >= 0.6 is 22.9 Å². The van der Waals surface area contributed by atoms with E-state index in [1.54, 1.807) is 11.3 Å². The Bertz CT molecular complexity index is 1110. The molecule has 0 atom stereocenters. The molecular formula is C28H33ClN2OS. The van der Waals surface area contributed by atoms with E-state index in [1.165, 1.54) is 37.1 Å². The van der Waals surface area contributed by atoms with E-state index in [4.69, 9.17) is 11.6 Å². The molecule has 5 heteroatoms. The zero-order valence-electron chi connectivity index (χ0n) is 19.9. The lowest BCUT2D eigenvalue weighted by Crippen LogP contribution is -2.21. The average Bonchev–Trinajstić information content (AvgIpc) is 3.46. The number of pyridine rings is 1. The second kappa shape index (κ2) is 10.5. The number of hydrogen-bond acceptors (Lipinski definition) is 4. The molecule has 2 aromatic heterocycles. The standard InChI is InChI=1S/C28H33ClN2OS/c1-28(2,3)27-18-21(10-11-30-27)22-17-26(33-19-22)24-9-8-20(16-25(24)29)15-23(32)7-6-14-31-12-4-5-13-31/h8-11,16-19H,4-7,12-15H2,1-3H3. The SMILES string of the molecule is CC(C)(C)c1cc(-c2csc(-c3ccc(CC(=O)CCCN4CCCC4)cc3Cl)c2)ccn1. The number of carbonyl (C=O) groups is 1. The Kier molecular flexibility index (Phi) is 7.68. The summed E-state index contributed by atoms with van der Waals surface area (Å²) in [4.78, 5) is 20.6. The fourth-order valence-electron chi connectivity index (χ4n) is 4.34. The Morgan fingerprint density at radius 1 is 1.09 bits per heavy atom. The molecule has 0 spiro atoms. The summed E-state index contributed by atoms with van der Waals surface area (Å²) in [7, 11) is 0. The zero-order chi connectivity index (χ0) is 23.4. The first-order valence-corrected chi connectivity index (χ1v) is 13.1. The minimum absolute atomic E-state index is 0.0135. The van der Waals surface area contributed by atoms with Gasteiger partial charge in [-0.3, -0.25) is 9.78 Å². The highest BCUT2D eigenvalue weighted by Gasteiger charge is 2.17. The smallest absolute Gasteiger partial charge is 0.137 e. The maximum Gasteiger partial charge on any atom is 0.137 e. The molecule has 3 heterocycles. The van der Waals surface area contributed by atoms with Crippen molar-refractivity contribution in [1.29, 1.82) is 0 Å². The number of halogens is 1. The number of rotatable bonds is 8. The molecule has 174 valence electrons. The van der Waals surface area contributed by atoms with Crippen LogP contribution in [-0.2, 0) is 16.6 Å². The molecule has 1 fully saturated rings. The predicted octanol–water partition coefficient (Wildman–Crippen LogP) is 7.42. The van der Waals surface area contributed by atoms with Crippen LogP contribution in [0.2, 0.25) is 5.02 Å². The molecule has 0 N–H and O–H groups in total. The Morgan fingerprint density at radius 2 is 1.88 bits per heavy atom. The summed E-state index contributed by atoms with van der Waals surface area (Å²) >= 11 is 8.35. The molecule has 33 heavy (non-hydrogen) atoms. The number of ketones is 1. The summed E-state index contributed by atoms with van der Waals surface area (Å²) in [5.74, 6) is 0.295. The van der Waals surface area contributed by atoms with Crippen molar-refractivity contribution in [2.24, 2.45) is 0 Å². The van der Waals surface area contributed by atoms with Crippen molar-refractivity contribution in [3.8, 4) is 21.6 Å². The fourth-order valence-corrected chi connectivity index (χ4v) is 5.66. The molecule has 1 aliphatic rings. The van der Waals surface area contributed by atoms with Crippen LogP contribution in [0.5, 0.6) is 0 Å². The van der Waals surface area contributed by atoms with Gasteiger partial charge in [0, 0.05) is 45.6 Å². The first-order chi connectivity index (χ1) is 15.8. The highest BCUT2D eigenvalue weighted by atomic mass is 35.5. The van der Waals surface area contributed by atoms with Gasteiger partial charge in [0.1, 0.15) is 5.78 Å². The summed E-state index contributed by atoms with van der Waals surface area (Å²) < 4.78 is 0. The molecule has 3 nitrogen and oxygen atoms in total. The van der Waals surface area contributed by atoms with Crippen molar-refractivity contribution < 1.29 is 4.79 Å². The minimum atomic E-state index is 0.0135. The largest absolute Gasteiger partial charge is 0.303 e. The average molecular weight is 481 g/mol. The van der Waals surface area contributed by atoms with Gasteiger partial charge in [-0.1, -0.05) is 44.5 Å². The van der Waals surface area contributed by atoms with Gasteiger partial charge in [-0.05, 0) is 85.2 Å². The third kappa shape index (κ3) is 6.32. The Hall–Kier alpha value is -2.01. The van der Waals surface area contributed by atoms with Crippen LogP contribution in [0, 0.1) is 0 Å². The van der Waals surface area contributed by atoms with Crippen LogP contribution in [0.25, 0.3) is 21.6 Å². The first-order valence-electron chi connectivity index (χ1n) is 11.9. The molecule has 1 aromatic carbocycles. The predicted molar refractivity (Wildman–Crippen MR) is 140 cm³/mol. The zero-order valence-corrected chi connectivity index (χ0v) is 21.4. The lowest BCUT2D eigenvalue weighted by atomic mass is 9.90. The van der Waals surface area contributed by atoms with Crippen molar-refractivity contribution in [2.75, 3.05) is 19.6 Å². The highest BCUT2D eigenvalue weighted by Crippen LogP contribution is 2.37. The molecule has 4 rings (SSSR count). The van der Waals surface area contributed by atoms with Gasteiger partial charge in [-0.15, -0.1) is 11.3 Å². The molecule has 0 aliphatic carbocycles. The third-order valence-electron chi connectivity index (χ3n) is 6.29. The van der Waals surface area contributed by atoms with E-state index >= 15 is 0 Å². The maximum atomic E-state index is 12.4. The second-order valence-corrected chi connectivity index (χ2v) is 11.4. The normalized spacial score (nSPS) is 14.7. The number of thiophene rings is 1. The van der Waals surface area contributed by atoms with Crippen LogP contribution in [0.15, 0.2) is 48.0 Å². The van der Waals surface area contributed by atoms with Crippen molar-refractivity contribution >= 4 is 28.7 Å². The van der Waals surface area contributed by atoms with Crippen LogP contribution in [0.1, 0.15) is 57.7 Å². The topological polar surface area (TPSA) is 33.2 Å². The Balaban J connectivity index is 1.40. The van der Waals surface area contributed by atoms with E-state index < -0.39 is 0 Å². The number of carbonyl (C=O) groups excluding carboxylic acids is 1. The quantitative estimate of drug-likeness (QED) is 0.336. The Morgan fingerprint density at radius 3 is 2.61 bits per heavy atom. The van der Waals surface area contributed by atoms with Crippen LogP contribution < -0.4 is 0 Å². The van der Waals surface area contributed by atoms with Gasteiger partial charge in [0.25, 0.3) is 0 Å². The van der Waals surface area contributed by atoms with E-state index in [2.05, 4.69) is 60.3 Å². The number of Topliss-reactive ketones (excluding diaryl/α,β-unsaturated/α-hetero) is 1. The van der Waals surface area contributed by atoms with E-state index in [0.29, 0.717) is 23.6 Å². The molecule has 0 amide bonds. The number of hydrogen-bond donors (Lipinski definition) is 0. The van der Waals surface area contributed by atoms with Gasteiger partial charge in [-0.25, -0.2) is 0 Å². The summed E-state index contributed by atoms with van der Waals surface area (Å²) in [5.41, 5.74) is 5.46. The second-order valence-electron chi connectivity index (χ2n) is 10.1. The van der Waals surface area contributed by atoms with Gasteiger partial charge in [-0.2, -0.15) is 0 Å². The monoisotopic (exact) mass is 480 g/mol. The lowest BCUT2D eigenvalue weighted by Gasteiger charge is -2.18. The van der Waals surface area contributed by atoms with Crippen LogP contribution in [0.4, 0.5) is 0 Å². The molecule has 1 saturated heterocycles. The van der Waals surface area contributed by atoms with Crippen molar-refractivity contribution in [1.82, 2.24) is 9.88 Å². The van der Waals surface area contributed by atoms with E-state index in [0.717, 1.165) is 34.7 Å². The summed E-state index contributed by atoms with van der Waals surface area (Å²) in [6, 6.07) is 12.5. The number of nitrogens with zero attached hydrogens (tertiary/aromatic N) is 2. The maximum absolute atomic E-state index is 12.4. The minimum Gasteiger partial charge on any atom is -0.303 e. The summed E-state index contributed by atoms with van der Waals surface area (Å²) in [5, 5.41) is 2.88. The van der Waals surface area contributed by atoms with Gasteiger partial charge in [0.2, 0.25) is 0 Å². The van der Waals surface area contributed by atoms with Crippen LogP contribution in [-0.4, -0.2) is 35.3 Å². The van der Waals surface area contributed by atoms with E-state index in [-0.39, 0.29) is 5.41 Å². The molecule has 1 aliphatic heterocycles. The molecule has 0 saturated carbocycles. The molecule has 0 bridgehead atoms. The third-order valence-corrected chi connectivity index (χ3v) is 7.57. The number of aromatic nitrogens is 1. The van der Waals surface area contributed by atoms with Gasteiger partial charge >= 0.3 is 0 Å². The van der Waals surface area contributed by atoms with Crippen molar-refractivity contribution in [2.45, 2.75) is 58.3 Å². The highest BCUT2D eigenvalue weighted by molar-refractivity contribution is 7.14.